The summed E-state index contributed by atoms with van der Waals surface area (Å²) in [5.41, 5.74) is 1.03. The van der Waals surface area contributed by atoms with Crippen LogP contribution in [0.15, 0.2) is 84.9 Å². The molecule has 60 heavy (non-hydrogen) atoms. The molecule has 3 aliphatic heterocycles. The van der Waals surface area contributed by atoms with Crippen molar-refractivity contribution in [3.8, 4) is 11.8 Å². The molecule has 3 aliphatic rings. The van der Waals surface area contributed by atoms with E-state index < -0.39 is 43.4 Å². The molecular weight excluding hydrogens is 805 g/mol. The number of nitrogens with one attached hydrogen (secondary N) is 2. The normalized spacial score (nSPS) is 23.9. The van der Waals surface area contributed by atoms with Crippen LogP contribution in [0.1, 0.15) is 97.8 Å². The Morgan fingerprint density at radius 1 is 0.967 bits per heavy atom. The summed E-state index contributed by atoms with van der Waals surface area (Å²) < 4.78 is 42.5. The third kappa shape index (κ3) is 9.44. The second kappa shape index (κ2) is 19.1. The summed E-state index contributed by atoms with van der Waals surface area (Å²) in [5.74, 6) is -4.10. The number of carbonyl (C=O) groups excluding carboxylic acids is 4. The van der Waals surface area contributed by atoms with Gasteiger partial charge in [0, 0.05) is 29.7 Å². The number of piperidine rings is 1. The lowest BCUT2D eigenvalue weighted by molar-refractivity contribution is -0.152. The van der Waals surface area contributed by atoms with E-state index in [1.807, 2.05) is 37.3 Å². The molecule has 1 aromatic heterocycles. The van der Waals surface area contributed by atoms with Gasteiger partial charge in [0.05, 0.1) is 23.5 Å². The van der Waals surface area contributed by atoms with Crippen LogP contribution < -0.4 is 14.9 Å². The van der Waals surface area contributed by atoms with Gasteiger partial charge in [-0.1, -0.05) is 74.4 Å². The van der Waals surface area contributed by atoms with Crippen molar-refractivity contribution >= 4 is 52.6 Å². The molecule has 316 valence electrons. The molecule has 12 nitrogen and oxygen atoms in total. The molecule has 0 saturated carbocycles. The van der Waals surface area contributed by atoms with Crippen molar-refractivity contribution in [3.05, 3.63) is 101 Å². The van der Waals surface area contributed by atoms with Crippen LogP contribution in [-0.2, 0) is 23.7 Å². The third-order valence-corrected chi connectivity index (χ3v) is 14.9. The number of carbonyl (C=O) groups is 4. The van der Waals surface area contributed by atoms with Crippen LogP contribution in [0.25, 0.3) is 10.1 Å². The number of halogens is 1. The number of thiophene rings is 1. The van der Waals surface area contributed by atoms with Crippen molar-refractivity contribution in [2.75, 3.05) is 19.7 Å². The second-order valence-corrected chi connectivity index (χ2v) is 19.1. The zero-order valence-corrected chi connectivity index (χ0v) is 35.5. The van der Waals surface area contributed by atoms with E-state index in [-0.39, 0.29) is 47.6 Å². The molecule has 3 aromatic carbocycles. The molecule has 3 amide bonds. The van der Waals surface area contributed by atoms with Crippen LogP contribution in [0.5, 0.6) is 5.75 Å². The second-order valence-electron chi connectivity index (χ2n) is 15.9. The van der Waals surface area contributed by atoms with E-state index in [9.17, 15) is 29.0 Å². The summed E-state index contributed by atoms with van der Waals surface area (Å²) in [6.45, 7) is 4.14. The third-order valence-electron chi connectivity index (χ3n) is 11.7. The Balaban J connectivity index is 1.08. The van der Waals surface area contributed by atoms with Crippen molar-refractivity contribution in [1.82, 2.24) is 20.2 Å². The highest BCUT2D eigenvalue weighted by Crippen LogP contribution is 2.58. The van der Waals surface area contributed by atoms with Gasteiger partial charge in [-0.15, -0.1) is 11.3 Å². The van der Waals surface area contributed by atoms with Gasteiger partial charge in [0.2, 0.25) is 17.7 Å². The van der Waals surface area contributed by atoms with Crippen LogP contribution in [0.3, 0.4) is 0 Å². The fourth-order valence-electron chi connectivity index (χ4n) is 8.64. The molecule has 4 aromatic rings. The first-order valence-electron chi connectivity index (χ1n) is 20.8. The smallest absolute Gasteiger partial charge is 0.355 e. The lowest BCUT2D eigenvalue weighted by atomic mass is 9.88. The fraction of sp³-hybridized carbons (Fsp3) is 0.444. The van der Waals surface area contributed by atoms with Gasteiger partial charge in [-0.05, 0) is 92.3 Å². The van der Waals surface area contributed by atoms with Gasteiger partial charge in [0.25, 0.3) is 5.91 Å². The maximum Gasteiger partial charge on any atom is 0.355 e. The van der Waals surface area contributed by atoms with Crippen LogP contribution in [0.2, 0.25) is 0 Å². The summed E-state index contributed by atoms with van der Waals surface area (Å²) in [7, 11) is -4.46. The Bertz CT molecular complexity index is 2270. The Labute approximate surface area is 353 Å². The number of hydrogen-bond acceptors (Lipinski definition) is 9. The maximum atomic E-state index is 16.6. The number of benzene rings is 3. The van der Waals surface area contributed by atoms with Crippen molar-refractivity contribution < 1.29 is 37.4 Å². The number of ether oxygens (including phenoxy) is 1. The molecule has 3 saturated heterocycles. The predicted octanol–water partition coefficient (Wildman–Crippen LogP) is 8.26. The number of esters is 1. The highest BCUT2D eigenvalue weighted by atomic mass is 32.1. The van der Waals surface area contributed by atoms with E-state index in [0.717, 1.165) is 37.7 Å². The average molecular weight is 856 g/mol. The van der Waals surface area contributed by atoms with Crippen LogP contribution in [0.4, 0.5) is 4.39 Å². The van der Waals surface area contributed by atoms with Crippen molar-refractivity contribution in [2.45, 2.75) is 101 Å². The van der Waals surface area contributed by atoms with Gasteiger partial charge in [-0.25, -0.2) is 9.48 Å². The summed E-state index contributed by atoms with van der Waals surface area (Å²) in [6, 6.07) is 23.7. The predicted molar refractivity (Wildman–Crippen MR) is 227 cm³/mol. The first-order chi connectivity index (χ1) is 29.0. The standard InChI is InChI=1S/C45H51FN5O7PS/c1-3-23-57-45(55)29(2)49-59(56,58-35-17-8-5-9-18-35)41(46)31-21-22-39-32(24-31)25-40(60-39)42(52)48-37-19-11-10-15-34-16-12-20-38(51(34)43(37)53)44(54)50-27-33(26-47)36(28-50)30-13-6-4-7-14-30/h4-9,13-14,17-18,21-22,24-25,29,33-34,36-38,41H,3,10-12,15-16,19-20,23,27-28H2,1-2H3,(H,48,52)(H,49,56)/t29-,33?,34-,36?,37-,38-,41?,59?/m0/s1. The molecule has 15 heteroatoms. The van der Waals surface area contributed by atoms with E-state index in [4.69, 9.17) is 9.26 Å². The molecule has 7 rings (SSSR count). The van der Waals surface area contributed by atoms with Gasteiger partial charge in [-0.2, -0.15) is 5.26 Å². The minimum atomic E-state index is -4.46. The lowest BCUT2D eigenvalue weighted by Crippen LogP contribution is -2.61. The summed E-state index contributed by atoms with van der Waals surface area (Å²) in [5, 5.41) is 16.1. The summed E-state index contributed by atoms with van der Waals surface area (Å²) in [4.78, 5) is 59.1. The number of nitriles is 1. The van der Waals surface area contributed by atoms with Gasteiger partial charge >= 0.3 is 13.5 Å². The topological polar surface area (TPSA) is 158 Å². The highest BCUT2D eigenvalue weighted by molar-refractivity contribution is 7.57. The Morgan fingerprint density at radius 3 is 2.42 bits per heavy atom. The SMILES string of the molecule is CCCOC(=O)[C@H](C)NP(=O)(Oc1ccccc1)C(F)c1ccc2sc(C(=O)N[C@H]3CCCC[C@H]4CCC[C@@H](C(=O)N5CC(C#N)C(c6ccccc6)C5)N4C3=O)cc2c1. The molecule has 0 spiro atoms. The van der Waals surface area contributed by atoms with Gasteiger partial charge < -0.3 is 24.4 Å². The van der Waals surface area contributed by atoms with Gasteiger partial charge in [0.1, 0.15) is 23.9 Å². The average Bonchev–Trinajstić information content (AvgIpc) is 3.90. The first-order valence-corrected chi connectivity index (χ1v) is 23.3. The number of likely N-dealkylation sites (tertiary alicyclic amines) is 1. The van der Waals surface area contributed by atoms with E-state index in [2.05, 4.69) is 16.5 Å². The number of nitrogens with zero attached hydrogens (tertiary/aromatic N) is 3. The van der Waals surface area contributed by atoms with E-state index >= 15 is 4.39 Å². The van der Waals surface area contributed by atoms with E-state index in [1.54, 1.807) is 40.1 Å². The van der Waals surface area contributed by atoms with Gasteiger partial charge in [0.15, 0.2) is 0 Å². The van der Waals surface area contributed by atoms with Gasteiger partial charge in [-0.3, -0.25) is 23.7 Å². The number of para-hydroxylation sites is 1. The molecule has 0 bridgehead atoms. The van der Waals surface area contributed by atoms with E-state index in [1.165, 1.54) is 42.5 Å². The minimum Gasteiger partial charge on any atom is -0.465 e. The fourth-order valence-corrected chi connectivity index (χ4v) is 11.5. The monoisotopic (exact) mass is 855 g/mol. The summed E-state index contributed by atoms with van der Waals surface area (Å²) >= 11 is 1.18. The molecular formula is C45H51FN5O7PS. The molecule has 0 aliphatic carbocycles. The Hall–Kier alpha value is -5.09. The van der Waals surface area contributed by atoms with Crippen LogP contribution in [-0.4, -0.2) is 77.4 Å². The molecule has 3 fully saturated rings. The number of hydrogen-bond donors (Lipinski definition) is 2. The van der Waals surface area contributed by atoms with Crippen LogP contribution in [0, 0.1) is 17.2 Å². The first kappa shape index (κ1) is 43.0. The van der Waals surface area contributed by atoms with Crippen molar-refractivity contribution in [2.24, 2.45) is 5.92 Å². The minimum absolute atomic E-state index is 0.0179. The molecule has 4 heterocycles. The summed E-state index contributed by atoms with van der Waals surface area (Å²) in [6.07, 6.45) is 5.45. The number of rotatable bonds is 13. The number of fused-ring (bicyclic) bond motifs is 2. The Morgan fingerprint density at radius 2 is 1.68 bits per heavy atom. The lowest BCUT2D eigenvalue weighted by Gasteiger charge is -2.45. The molecule has 2 N–H and O–H groups in total. The Kier molecular flexibility index (Phi) is 13.7. The highest BCUT2D eigenvalue weighted by Gasteiger charge is 2.46. The van der Waals surface area contributed by atoms with E-state index in [0.29, 0.717) is 47.3 Å². The largest absolute Gasteiger partial charge is 0.465 e. The van der Waals surface area contributed by atoms with Crippen molar-refractivity contribution in [3.63, 3.8) is 0 Å². The molecule has 4 unspecified atom stereocenters. The van der Waals surface area contributed by atoms with Crippen LogP contribution >= 0.6 is 18.9 Å². The van der Waals surface area contributed by atoms with Crippen molar-refractivity contribution in [1.29, 1.82) is 5.26 Å². The molecule has 0 radical (unpaired) electrons. The zero-order valence-electron chi connectivity index (χ0n) is 33.8. The maximum absolute atomic E-state index is 16.6. The number of amides is 3. The number of alkyl halides is 1. The molecule has 8 atom stereocenters. The quantitative estimate of drug-likeness (QED) is 0.0998. The zero-order chi connectivity index (χ0) is 42.4.